The second-order valence-electron chi connectivity index (χ2n) is 9.63. The van der Waals surface area contributed by atoms with Crippen LogP contribution in [0.4, 0.5) is 0 Å². The van der Waals surface area contributed by atoms with Gasteiger partial charge in [0.25, 0.3) is 0 Å². The Bertz CT molecular complexity index is 1330. The van der Waals surface area contributed by atoms with Gasteiger partial charge in [-0.2, -0.15) is 0 Å². The smallest absolute Gasteiger partial charge is 0.118 e. The van der Waals surface area contributed by atoms with E-state index < -0.39 is 8.07 Å². The number of hydrogen-bond donors (Lipinski definition) is 0. The largest absolute Gasteiger partial charge is 0.341 e. The van der Waals surface area contributed by atoms with Crippen LogP contribution in [0, 0.1) is 37.7 Å². The van der Waals surface area contributed by atoms with E-state index in [2.05, 4.69) is 129 Å². The number of rotatable bonds is 2. The van der Waals surface area contributed by atoms with Gasteiger partial charge in [-0.15, -0.1) is 0 Å². The summed E-state index contributed by atoms with van der Waals surface area (Å²) in [4.78, 5) is 0. The summed E-state index contributed by atoms with van der Waals surface area (Å²) in [5, 5.41) is 6.02. The molecule has 1 aliphatic rings. The summed E-state index contributed by atoms with van der Waals surface area (Å²) in [6, 6.07) is 35.4. The normalized spacial score (nSPS) is 12.0. The van der Waals surface area contributed by atoms with E-state index in [-0.39, 0.29) is 37.7 Å². The van der Waals surface area contributed by atoms with E-state index in [0.717, 1.165) is 18.5 Å². The molecule has 0 spiro atoms. The molecule has 0 unspecified atom stereocenters. The summed E-state index contributed by atoms with van der Waals surface area (Å²) in [6.07, 6.45) is 1.11. The molecule has 4 aromatic carbocycles. The van der Waals surface area contributed by atoms with Gasteiger partial charge in [0, 0.05) is 66.1 Å². The van der Waals surface area contributed by atoms with Crippen molar-refractivity contribution in [2.75, 3.05) is 0 Å². The third-order valence-electron chi connectivity index (χ3n) is 7.69. The minimum atomic E-state index is -1.56. The van der Waals surface area contributed by atoms with Crippen LogP contribution in [0.5, 0.6) is 0 Å². The Hall–Kier alpha value is -1.84. The fraction of sp³-hybridized carbons (Fsp3) is 0.351. The summed E-state index contributed by atoms with van der Waals surface area (Å²) >= 11 is 0. The van der Waals surface area contributed by atoms with Crippen molar-refractivity contribution in [3.8, 4) is 0 Å². The number of benzene rings is 4. The van der Waals surface area contributed by atoms with Gasteiger partial charge in [-0.25, -0.2) is 0 Å². The Morgan fingerprint density at radius 1 is 0.600 bits per heavy atom. The average Bonchev–Trinajstić information content (AvgIpc) is 3.34. The van der Waals surface area contributed by atoms with Crippen LogP contribution in [0.25, 0.3) is 21.8 Å². The molecule has 216 valence electrons. The van der Waals surface area contributed by atoms with Gasteiger partial charge < -0.3 is 4.57 Å². The zero-order valence-electron chi connectivity index (χ0n) is 26.5. The molecule has 0 radical (unpaired) electrons. The maximum absolute atomic E-state index is 2.54. The van der Waals surface area contributed by atoms with Crippen LogP contribution in [-0.2, 0) is 13.0 Å². The average molecular weight is 578 g/mol. The van der Waals surface area contributed by atoms with Gasteiger partial charge in [0.2, 0.25) is 0 Å². The molecule has 0 fully saturated rings. The molecular formula is C37H51ArNSi. The third kappa shape index (κ3) is 7.32. The quantitative estimate of drug-likeness (QED) is 0.184. The monoisotopic (exact) mass is 577 g/mol. The van der Waals surface area contributed by atoms with Crippen molar-refractivity contribution in [2.45, 2.75) is 87.4 Å². The first-order chi connectivity index (χ1) is 19.1. The van der Waals surface area contributed by atoms with Crippen LogP contribution >= 0.6 is 0 Å². The molecular weight excluding hydrogens is 526 g/mol. The first kappa shape index (κ1) is 36.2. The first-order valence-electron chi connectivity index (χ1n) is 15.2. The molecule has 3 heteroatoms. The zero-order valence-corrected chi connectivity index (χ0v) is 28.2. The van der Waals surface area contributed by atoms with Crippen molar-refractivity contribution in [3.05, 3.63) is 108 Å². The summed E-state index contributed by atoms with van der Waals surface area (Å²) in [6.45, 7) is 22.5. The Kier molecular flexibility index (Phi) is 16.2. The van der Waals surface area contributed by atoms with E-state index in [9.17, 15) is 0 Å². The third-order valence-corrected chi connectivity index (χ3v) is 13.2. The Morgan fingerprint density at radius 2 is 0.950 bits per heavy atom. The standard InChI is InChI=1S/C17H20Si.C14H13N.3C2H6.Ar/c1-13(2)18(3)16-10-6-4-8-14(16)12-15-9-5-7-11-17(15)18;1-2-15-13-9-5-3-7-11(13)12-8-4-6-10-14(12)15;3*1-2;/h4-11,13H,12H2,1-3H3;3-10H,2H2,1H3;3*1-2H3;. The van der Waals surface area contributed by atoms with Gasteiger partial charge in [-0.3, -0.25) is 0 Å². The van der Waals surface area contributed by atoms with Crippen molar-refractivity contribution in [1.82, 2.24) is 4.57 Å². The van der Waals surface area contributed by atoms with Crippen LogP contribution in [0.15, 0.2) is 97.1 Å². The molecule has 0 bridgehead atoms. The Morgan fingerprint density at radius 3 is 1.32 bits per heavy atom. The number of hydrogen-bond acceptors (Lipinski definition) is 0. The number of aromatic nitrogens is 1. The molecule has 5 aromatic rings. The number of para-hydroxylation sites is 2. The molecule has 40 heavy (non-hydrogen) atoms. The predicted octanol–water partition coefficient (Wildman–Crippen LogP) is 10.1. The van der Waals surface area contributed by atoms with Crippen LogP contribution in [0.1, 0.15) is 73.4 Å². The minimum Gasteiger partial charge on any atom is -0.341 e. The Balaban J connectivity index is 0.000000334. The molecule has 0 saturated carbocycles. The SMILES string of the molecule is CC.CC.CC.CC(C)[Si]1(C)c2ccccc2Cc2ccccc21.CCn1c2ccccc2c2ccccc21.[Ar]. The molecule has 6 rings (SSSR count). The molecule has 1 aliphatic heterocycles. The molecule has 0 N–H and O–H groups in total. The molecule has 0 saturated heterocycles. The van der Waals surface area contributed by atoms with E-state index in [1.54, 1.807) is 21.5 Å². The maximum Gasteiger partial charge on any atom is 0.118 e. The van der Waals surface area contributed by atoms with Gasteiger partial charge in [-0.1, -0.05) is 157 Å². The second kappa shape index (κ2) is 17.9. The van der Waals surface area contributed by atoms with Crippen LogP contribution in [0.3, 0.4) is 0 Å². The Labute approximate surface area is 276 Å². The van der Waals surface area contributed by atoms with Crippen molar-refractivity contribution in [2.24, 2.45) is 0 Å². The topological polar surface area (TPSA) is 4.93 Å². The van der Waals surface area contributed by atoms with Crippen molar-refractivity contribution in [1.29, 1.82) is 0 Å². The fourth-order valence-electron chi connectivity index (χ4n) is 5.68. The maximum atomic E-state index is 2.54. The van der Waals surface area contributed by atoms with E-state index in [1.165, 1.54) is 21.8 Å². The van der Waals surface area contributed by atoms with Gasteiger partial charge in [0.05, 0.1) is 0 Å². The molecule has 0 amide bonds. The fourth-order valence-corrected chi connectivity index (χ4v) is 9.78. The molecule has 1 nitrogen and oxygen atoms in total. The van der Waals surface area contributed by atoms with E-state index in [4.69, 9.17) is 0 Å². The number of fused-ring (bicyclic) bond motifs is 5. The van der Waals surface area contributed by atoms with Crippen LogP contribution in [-0.4, -0.2) is 12.6 Å². The van der Waals surface area contributed by atoms with Gasteiger partial charge in [0.1, 0.15) is 8.07 Å². The van der Waals surface area contributed by atoms with Gasteiger partial charge >= 0.3 is 0 Å². The zero-order chi connectivity index (χ0) is 29.0. The summed E-state index contributed by atoms with van der Waals surface area (Å²) in [5.74, 6) is 0. The van der Waals surface area contributed by atoms with Crippen LogP contribution < -0.4 is 10.4 Å². The molecule has 2 heterocycles. The number of aryl methyl sites for hydroxylation is 1. The second-order valence-corrected chi connectivity index (χ2v) is 14.3. The van der Waals surface area contributed by atoms with Gasteiger partial charge in [-0.05, 0) is 42.1 Å². The summed E-state index contributed by atoms with van der Waals surface area (Å²) in [7, 11) is -1.56. The molecule has 0 aliphatic carbocycles. The van der Waals surface area contributed by atoms with E-state index in [0.29, 0.717) is 0 Å². The van der Waals surface area contributed by atoms with Gasteiger partial charge in [0.15, 0.2) is 0 Å². The van der Waals surface area contributed by atoms with Crippen LogP contribution in [0.2, 0.25) is 12.1 Å². The minimum absolute atomic E-state index is 0. The molecule has 1 aromatic heterocycles. The van der Waals surface area contributed by atoms with Crippen molar-refractivity contribution < 1.29 is 37.7 Å². The van der Waals surface area contributed by atoms with Crippen molar-refractivity contribution >= 4 is 40.3 Å². The van der Waals surface area contributed by atoms with E-state index >= 15 is 0 Å². The summed E-state index contributed by atoms with van der Waals surface area (Å²) < 4.78 is 2.37. The first-order valence-corrected chi connectivity index (χ1v) is 17.8. The predicted molar refractivity (Wildman–Crippen MR) is 181 cm³/mol. The summed E-state index contributed by atoms with van der Waals surface area (Å²) in [5.41, 5.74) is 6.51. The van der Waals surface area contributed by atoms with Crippen molar-refractivity contribution in [3.63, 3.8) is 0 Å². The van der Waals surface area contributed by atoms with E-state index in [1.807, 2.05) is 41.5 Å². The number of nitrogens with zero attached hydrogens (tertiary/aromatic N) is 1. The molecule has 0 atom stereocenters.